The second-order valence-electron chi connectivity index (χ2n) is 5.84. The largest absolute Gasteiger partial charge is 0.494 e. The third-order valence-electron chi connectivity index (χ3n) is 4.15. The Morgan fingerprint density at radius 3 is 2.25 bits per heavy atom. The lowest BCUT2D eigenvalue weighted by atomic mass is 9.84. The van der Waals surface area contributed by atoms with Gasteiger partial charge in [0.1, 0.15) is 11.9 Å². The normalized spacial score (nSPS) is 20.1. The summed E-state index contributed by atoms with van der Waals surface area (Å²) in [5.74, 6) is 0.815. The lowest BCUT2D eigenvalue weighted by Crippen LogP contribution is -2.35. The Balaban J connectivity index is 2.05. The molecule has 3 nitrogen and oxygen atoms in total. The minimum Gasteiger partial charge on any atom is -0.494 e. The summed E-state index contributed by atoms with van der Waals surface area (Å²) < 4.78 is 5.54. The van der Waals surface area contributed by atoms with Crippen molar-refractivity contribution in [2.75, 3.05) is 6.61 Å². The third kappa shape index (κ3) is 3.74. The van der Waals surface area contributed by atoms with Crippen LogP contribution < -0.4 is 4.74 Å². The maximum atomic E-state index is 10.7. The van der Waals surface area contributed by atoms with Gasteiger partial charge in [0, 0.05) is 0 Å². The van der Waals surface area contributed by atoms with E-state index in [9.17, 15) is 10.2 Å². The van der Waals surface area contributed by atoms with Crippen LogP contribution in [0.4, 0.5) is 0 Å². The van der Waals surface area contributed by atoms with Gasteiger partial charge in [0.15, 0.2) is 0 Å². The van der Waals surface area contributed by atoms with Crippen molar-refractivity contribution >= 4 is 0 Å². The van der Waals surface area contributed by atoms with Crippen LogP contribution in [0.1, 0.15) is 63.5 Å². The summed E-state index contributed by atoms with van der Waals surface area (Å²) in [4.78, 5) is 0. The molecule has 1 fully saturated rings. The predicted molar refractivity (Wildman–Crippen MR) is 79.8 cm³/mol. The molecule has 20 heavy (non-hydrogen) atoms. The van der Waals surface area contributed by atoms with Crippen molar-refractivity contribution < 1.29 is 14.9 Å². The zero-order valence-electron chi connectivity index (χ0n) is 12.3. The van der Waals surface area contributed by atoms with Crippen LogP contribution in [-0.4, -0.2) is 22.4 Å². The van der Waals surface area contributed by atoms with E-state index in [1.54, 1.807) is 0 Å². The SMILES string of the molecule is CCCOc1ccc(C(O)C2(O)CCCCCC2)cc1. The molecule has 112 valence electrons. The van der Waals surface area contributed by atoms with Crippen molar-refractivity contribution in [1.82, 2.24) is 0 Å². The van der Waals surface area contributed by atoms with Crippen LogP contribution in [0.5, 0.6) is 5.75 Å². The van der Waals surface area contributed by atoms with Crippen molar-refractivity contribution in [2.45, 2.75) is 63.6 Å². The highest BCUT2D eigenvalue weighted by Gasteiger charge is 2.36. The summed E-state index contributed by atoms with van der Waals surface area (Å²) >= 11 is 0. The third-order valence-corrected chi connectivity index (χ3v) is 4.15. The van der Waals surface area contributed by atoms with Crippen molar-refractivity contribution in [3.05, 3.63) is 29.8 Å². The van der Waals surface area contributed by atoms with E-state index in [-0.39, 0.29) is 0 Å². The molecular formula is C17H26O3. The van der Waals surface area contributed by atoms with Crippen LogP contribution in [0.15, 0.2) is 24.3 Å². The van der Waals surface area contributed by atoms with Crippen molar-refractivity contribution in [3.63, 3.8) is 0 Å². The summed E-state index contributed by atoms with van der Waals surface area (Å²) in [6.07, 6.45) is 5.82. The van der Waals surface area contributed by atoms with E-state index in [0.717, 1.165) is 43.4 Å². The molecule has 0 aliphatic heterocycles. The van der Waals surface area contributed by atoms with Crippen LogP contribution in [0, 0.1) is 0 Å². The fourth-order valence-corrected chi connectivity index (χ4v) is 2.89. The van der Waals surface area contributed by atoms with E-state index in [1.165, 1.54) is 0 Å². The Morgan fingerprint density at radius 1 is 1.10 bits per heavy atom. The minimum atomic E-state index is -0.970. The molecule has 0 bridgehead atoms. The van der Waals surface area contributed by atoms with Gasteiger partial charge in [-0.05, 0) is 37.0 Å². The van der Waals surface area contributed by atoms with Gasteiger partial charge in [0.2, 0.25) is 0 Å². The molecule has 3 heteroatoms. The molecule has 0 saturated heterocycles. The maximum absolute atomic E-state index is 10.7. The quantitative estimate of drug-likeness (QED) is 0.809. The van der Waals surface area contributed by atoms with Crippen molar-refractivity contribution in [3.8, 4) is 5.75 Å². The first kappa shape index (κ1) is 15.3. The molecule has 1 aromatic carbocycles. The van der Waals surface area contributed by atoms with Crippen LogP contribution in [-0.2, 0) is 0 Å². The number of aliphatic hydroxyl groups is 2. The first-order valence-corrected chi connectivity index (χ1v) is 7.79. The van der Waals surface area contributed by atoms with Gasteiger partial charge >= 0.3 is 0 Å². The molecule has 0 radical (unpaired) electrons. The lowest BCUT2D eigenvalue weighted by molar-refractivity contribution is -0.0867. The van der Waals surface area contributed by atoms with Gasteiger partial charge in [0.05, 0.1) is 12.2 Å². The Bertz CT molecular complexity index is 391. The molecule has 0 aromatic heterocycles. The Kier molecular flexibility index (Phi) is 5.44. The zero-order chi connectivity index (χ0) is 14.4. The highest BCUT2D eigenvalue weighted by Crippen LogP contribution is 2.37. The Hall–Kier alpha value is -1.06. The second-order valence-corrected chi connectivity index (χ2v) is 5.84. The fourth-order valence-electron chi connectivity index (χ4n) is 2.89. The highest BCUT2D eigenvalue weighted by atomic mass is 16.5. The first-order chi connectivity index (χ1) is 9.65. The van der Waals surface area contributed by atoms with E-state index in [1.807, 2.05) is 24.3 Å². The molecule has 0 heterocycles. The summed E-state index contributed by atoms with van der Waals surface area (Å²) in [7, 11) is 0. The van der Waals surface area contributed by atoms with Crippen LogP contribution >= 0.6 is 0 Å². The Morgan fingerprint density at radius 2 is 1.70 bits per heavy atom. The number of hydrogen-bond donors (Lipinski definition) is 2. The summed E-state index contributed by atoms with van der Waals surface area (Å²) in [6, 6.07) is 7.46. The number of rotatable bonds is 5. The van der Waals surface area contributed by atoms with E-state index >= 15 is 0 Å². The predicted octanol–water partition coefficient (Wildman–Crippen LogP) is 3.59. The molecule has 1 aliphatic carbocycles. The van der Waals surface area contributed by atoms with Crippen molar-refractivity contribution in [2.24, 2.45) is 0 Å². The molecule has 0 spiro atoms. The van der Waals surface area contributed by atoms with Gasteiger partial charge in [-0.2, -0.15) is 0 Å². The summed E-state index contributed by atoms with van der Waals surface area (Å²) in [6.45, 7) is 2.77. The average molecular weight is 278 g/mol. The zero-order valence-corrected chi connectivity index (χ0v) is 12.3. The van der Waals surface area contributed by atoms with Crippen molar-refractivity contribution in [1.29, 1.82) is 0 Å². The smallest absolute Gasteiger partial charge is 0.119 e. The monoisotopic (exact) mass is 278 g/mol. The molecule has 2 rings (SSSR count). The average Bonchev–Trinajstić information content (AvgIpc) is 2.70. The maximum Gasteiger partial charge on any atom is 0.119 e. The summed E-state index contributed by atoms with van der Waals surface area (Å²) in [5.41, 5.74) is -0.194. The number of benzene rings is 1. The van der Waals surface area contributed by atoms with E-state index in [4.69, 9.17) is 4.74 Å². The molecule has 1 aliphatic rings. The topological polar surface area (TPSA) is 49.7 Å². The molecule has 0 amide bonds. The Labute approximate surface area is 121 Å². The number of hydrogen-bond acceptors (Lipinski definition) is 3. The lowest BCUT2D eigenvalue weighted by Gasteiger charge is -2.32. The molecular weight excluding hydrogens is 252 g/mol. The van der Waals surface area contributed by atoms with Gasteiger partial charge in [-0.25, -0.2) is 0 Å². The number of aliphatic hydroxyl groups excluding tert-OH is 1. The van der Waals surface area contributed by atoms with Crippen LogP contribution in [0.3, 0.4) is 0 Å². The molecule has 1 atom stereocenters. The first-order valence-electron chi connectivity index (χ1n) is 7.79. The molecule has 1 saturated carbocycles. The van der Waals surface area contributed by atoms with Crippen LogP contribution in [0.25, 0.3) is 0 Å². The molecule has 2 N–H and O–H groups in total. The van der Waals surface area contributed by atoms with Gasteiger partial charge in [-0.3, -0.25) is 0 Å². The fraction of sp³-hybridized carbons (Fsp3) is 0.647. The van der Waals surface area contributed by atoms with Gasteiger partial charge in [-0.15, -0.1) is 0 Å². The highest BCUT2D eigenvalue weighted by molar-refractivity contribution is 5.29. The second kappa shape index (κ2) is 7.09. The van der Waals surface area contributed by atoms with Gasteiger partial charge < -0.3 is 14.9 Å². The van der Waals surface area contributed by atoms with E-state index in [0.29, 0.717) is 19.4 Å². The molecule has 1 aromatic rings. The molecule has 1 unspecified atom stereocenters. The van der Waals surface area contributed by atoms with E-state index < -0.39 is 11.7 Å². The van der Waals surface area contributed by atoms with Gasteiger partial charge in [-0.1, -0.05) is 44.7 Å². The minimum absolute atomic E-state index is 0.683. The summed E-state index contributed by atoms with van der Waals surface area (Å²) in [5, 5.41) is 21.2. The van der Waals surface area contributed by atoms with E-state index in [2.05, 4.69) is 6.92 Å². The standard InChI is InChI=1S/C17H26O3/c1-2-13-20-15-9-7-14(8-10-15)16(18)17(19)11-5-3-4-6-12-17/h7-10,16,18-19H,2-6,11-13H2,1H3. The van der Waals surface area contributed by atoms with Gasteiger partial charge in [0.25, 0.3) is 0 Å². The number of ether oxygens (including phenoxy) is 1. The van der Waals surface area contributed by atoms with Crippen LogP contribution in [0.2, 0.25) is 0 Å².